The van der Waals surface area contributed by atoms with Crippen LogP contribution in [0.15, 0.2) is 42.5 Å². The molecular weight excluding hydrogens is 361 g/mol. The summed E-state index contributed by atoms with van der Waals surface area (Å²) >= 11 is 0. The lowest BCUT2D eigenvalue weighted by Crippen LogP contribution is -2.41. The molecule has 0 saturated carbocycles. The van der Waals surface area contributed by atoms with Crippen molar-refractivity contribution in [3.8, 4) is 0 Å². The number of likely N-dealkylation sites (N-methyl/N-ethyl adjacent to an activating group) is 1. The summed E-state index contributed by atoms with van der Waals surface area (Å²) in [5.41, 5.74) is 3.25. The van der Waals surface area contributed by atoms with E-state index in [0.717, 1.165) is 11.1 Å². The number of benzene rings is 2. The first-order valence-electron chi connectivity index (χ1n) is 8.87. The maximum absolute atomic E-state index is 13.1. The Kier molecular flexibility index (Phi) is 7.26. The number of hydrogen-bond acceptors (Lipinski definition) is 3. The molecule has 0 heterocycles. The van der Waals surface area contributed by atoms with Crippen molar-refractivity contribution in [2.45, 2.75) is 20.3 Å². The molecule has 0 aliphatic heterocycles. The van der Waals surface area contributed by atoms with Gasteiger partial charge in [-0.2, -0.15) is 0 Å². The second kappa shape index (κ2) is 9.64. The lowest BCUT2D eigenvalue weighted by molar-refractivity contribution is -0.134. The Morgan fingerprint density at radius 2 is 1.75 bits per heavy atom. The second-order valence-corrected chi connectivity index (χ2v) is 6.63. The molecule has 7 heteroatoms. The molecule has 0 aromatic heterocycles. The average molecular weight is 385 g/mol. The first-order valence-corrected chi connectivity index (χ1v) is 8.87. The summed E-state index contributed by atoms with van der Waals surface area (Å²) < 4.78 is 13.1. The molecule has 0 unspecified atom stereocenters. The lowest BCUT2D eigenvalue weighted by Gasteiger charge is -2.18. The molecule has 0 aliphatic carbocycles. The number of nitrogens with one attached hydrogen (secondary N) is 2. The van der Waals surface area contributed by atoms with Crippen LogP contribution >= 0.6 is 0 Å². The quantitative estimate of drug-likeness (QED) is 0.767. The maximum Gasteiger partial charge on any atom is 0.243 e. The van der Waals surface area contributed by atoms with Crippen LogP contribution in [0.5, 0.6) is 0 Å². The van der Waals surface area contributed by atoms with Gasteiger partial charge in [0.05, 0.1) is 19.5 Å². The van der Waals surface area contributed by atoms with E-state index in [1.807, 2.05) is 26.0 Å². The van der Waals surface area contributed by atoms with Gasteiger partial charge in [-0.1, -0.05) is 24.3 Å². The van der Waals surface area contributed by atoms with Crippen molar-refractivity contribution >= 4 is 23.4 Å². The third kappa shape index (κ3) is 6.19. The molecule has 2 aromatic carbocycles. The van der Waals surface area contributed by atoms with Gasteiger partial charge in [-0.3, -0.25) is 14.4 Å². The maximum atomic E-state index is 13.1. The molecule has 0 atom stereocenters. The topological polar surface area (TPSA) is 78.5 Å². The molecule has 0 fully saturated rings. The molecule has 2 N–H and O–H groups in total. The summed E-state index contributed by atoms with van der Waals surface area (Å²) in [6.07, 6.45) is -0.0259. The smallest absolute Gasteiger partial charge is 0.243 e. The van der Waals surface area contributed by atoms with Crippen LogP contribution in [0.4, 0.5) is 10.1 Å². The van der Waals surface area contributed by atoms with Gasteiger partial charge in [0.25, 0.3) is 0 Å². The minimum Gasteiger partial charge on any atom is -0.347 e. The Labute approximate surface area is 163 Å². The highest BCUT2D eigenvalue weighted by Gasteiger charge is 2.15. The van der Waals surface area contributed by atoms with E-state index in [9.17, 15) is 18.8 Å². The minimum atomic E-state index is -0.420. The number of aryl methyl sites for hydroxylation is 1. The third-order valence-corrected chi connectivity index (χ3v) is 4.38. The van der Waals surface area contributed by atoms with E-state index in [4.69, 9.17) is 0 Å². The predicted octanol–water partition coefficient (Wildman–Crippen LogP) is 2.20. The van der Waals surface area contributed by atoms with E-state index in [1.165, 1.54) is 30.1 Å². The zero-order chi connectivity index (χ0) is 20.7. The molecule has 0 radical (unpaired) electrons. The Bertz CT molecular complexity index is 883. The SMILES string of the molecule is Cc1cccc(NC(=O)CN(C)C(=O)CNC(=O)Cc2cccc(F)c2)c1C. The fourth-order valence-corrected chi connectivity index (χ4v) is 2.58. The molecule has 0 bridgehead atoms. The van der Waals surface area contributed by atoms with E-state index >= 15 is 0 Å². The normalized spacial score (nSPS) is 10.3. The van der Waals surface area contributed by atoms with Gasteiger partial charge in [-0.15, -0.1) is 0 Å². The number of amides is 3. The number of anilines is 1. The molecule has 0 saturated heterocycles. The van der Waals surface area contributed by atoms with Gasteiger partial charge < -0.3 is 15.5 Å². The van der Waals surface area contributed by atoms with Gasteiger partial charge >= 0.3 is 0 Å². The number of halogens is 1. The van der Waals surface area contributed by atoms with E-state index in [1.54, 1.807) is 12.1 Å². The van der Waals surface area contributed by atoms with Gasteiger partial charge in [-0.05, 0) is 48.7 Å². The van der Waals surface area contributed by atoms with Gasteiger partial charge in [0.15, 0.2) is 0 Å². The monoisotopic (exact) mass is 385 g/mol. The number of rotatable bonds is 7. The van der Waals surface area contributed by atoms with Crippen LogP contribution in [0.2, 0.25) is 0 Å². The fraction of sp³-hybridized carbons (Fsp3) is 0.286. The van der Waals surface area contributed by atoms with E-state index in [0.29, 0.717) is 11.3 Å². The van der Waals surface area contributed by atoms with Crippen LogP contribution < -0.4 is 10.6 Å². The highest BCUT2D eigenvalue weighted by Crippen LogP contribution is 2.17. The Morgan fingerprint density at radius 3 is 2.46 bits per heavy atom. The van der Waals surface area contributed by atoms with Crippen LogP contribution in [-0.4, -0.2) is 42.8 Å². The van der Waals surface area contributed by atoms with Crippen molar-refractivity contribution in [1.82, 2.24) is 10.2 Å². The molecule has 2 rings (SSSR count). The molecule has 6 nitrogen and oxygen atoms in total. The van der Waals surface area contributed by atoms with Gasteiger partial charge in [-0.25, -0.2) is 4.39 Å². The number of carbonyl (C=O) groups is 3. The number of hydrogen-bond donors (Lipinski definition) is 2. The van der Waals surface area contributed by atoms with E-state index < -0.39 is 17.6 Å². The molecule has 0 aliphatic rings. The van der Waals surface area contributed by atoms with Crippen LogP contribution in [0.25, 0.3) is 0 Å². The number of carbonyl (C=O) groups excluding carboxylic acids is 3. The lowest BCUT2D eigenvalue weighted by atomic mass is 10.1. The average Bonchev–Trinajstić information content (AvgIpc) is 2.63. The highest BCUT2D eigenvalue weighted by atomic mass is 19.1. The summed E-state index contributed by atoms with van der Waals surface area (Å²) in [6, 6.07) is 11.3. The summed E-state index contributed by atoms with van der Waals surface area (Å²) in [5, 5.41) is 5.27. The Balaban J connectivity index is 1.79. The zero-order valence-corrected chi connectivity index (χ0v) is 16.2. The largest absolute Gasteiger partial charge is 0.347 e. The summed E-state index contributed by atoms with van der Waals surface area (Å²) in [5.74, 6) is -1.54. The molecule has 2 aromatic rings. The first-order chi connectivity index (χ1) is 13.3. The zero-order valence-electron chi connectivity index (χ0n) is 16.2. The van der Waals surface area contributed by atoms with E-state index in [2.05, 4.69) is 10.6 Å². The third-order valence-electron chi connectivity index (χ3n) is 4.38. The van der Waals surface area contributed by atoms with Crippen molar-refractivity contribution in [3.05, 3.63) is 65.0 Å². The summed E-state index contributed by atoms with van der Waals surface area (Å²) in [6.45, 7) is 3.49. The standard InChI is InChI=1S/C21H24FN3O3/c1-14-6-4-9-18(15(14)2)24-20(27)13-25(3)21(28)12-23-19(26)11-16-7-5-8-17(22)10-16/h4-10H,11-13H2,1-3H3,(H,23,26)(H,24,27). The summed E-state index contributed by atoms with van der Waals surface area (Å²) in [7, 11) is 1.49. The first kappa shape index (κ1) is 21.1. The molecule has 28 heavy (non-hydrogen) atoms. The van der Waals surface area contributed by atoms with Gasteiger partial charge in [0.1, 0.15) is 5.82 Å². The van der Waals surface area contributed by atoms with Crippen molar-refractivity contribution < 1.29 is 18.8 Å². The van der Waals surface area contributed by atoms with Crippen LogP contribution in [0.3, 0.4) is 0 Å². The highest BCUT2D eigenvalue weighted by molar-refractivity contribution is 5.95. The Morgan fingerprint density at radius 1 is 1.04 bits per heavy atom. The number of nitrogens with zero attached hydrogens (tertiary/aromatic N) is 1. The van der Waals surface area contributed by atoms with Crippen LogP contribution in [0, 0.1) is 19.7 Å². The fourth-order valence-electron chi connectivity index (χ4n) is 2.58. The molecule has 148 valence electrons. The predicted molar refractivity (Wildman–Crippen MR) is 105 cm³/mol. The Hall–Kier alpha value is -3.22. The minimum absolute atomic E-state index is 0.0259. The van der Waals surface area contributed by atoms with E-state index in [-0.39, 0.29) is 25.4 Å². The second-order valence-electron chi connectivity index (χ2n) is 6.63. The molecular formula is C21H24FN3O3. The molecule has 3 amide bonds. The van der Waals surface area contributed by atoms with Crippen molar-refractivity contribution in [3.63, 3.8) is 0 Å². The van der Waals surface area contributed by atoms with Gasteiger partial charge in [0, 0.05) is 12.7 Å². The van der Waals surface area contributed by atoms with Crippen molar-refractivity contribution in [1.29, 1.82) is 0 Å². The van der Waals surface area contributed by atoms with Gasteiger partial charge in [0.2, 0.25) is 17.7 Å². The van der Waals surface area contributed by atoms with Crippen molar-refractivity contribution in [2.75, 3.05) is 25.5 Å². The van der Waals surface area contributed by atoms with Crippen LogP contribution in [0.1, 0.15) is 16.7 Å². The van der Waals surface area contributed by atoms with Crippen LogP contribution in [-0.2, 0) is 20.8 Å². The summed E-state index contributed by atoms with van der Waals surface area (Å²) in [4.78, 5) is 37.4. The van der Waals surface area contributed by atoms with Crippen molar-refractivity contribution in [2.24, 2.45) is 0 Å². The molecule has 0 spiro atoms.